The number of hydrogen-bond acceptors (Lipinski definition) is 9. The van der Waals surface area contributed by atoms with Crippen LogP contribution in [0.25, 0.3) is 12.2 Å². The maximum absolute atomic E-state index is 12.4. The molecule has 2 aromatic carbocycles. The lowest BCUT2D eigenvalue weighted by atomic mass is 10.1. The molecule has 0 radical (unpaired) electrons. The number of carbonyl (C=O) groups is 2. The molecule has 0 unspecified atom stereocenters. The first-order valence-corrected chi connectivity index (χ1v) is 14.4. The molecule has 0 spiro atoms. The number of amides is 2. The van der Waals surface area contributed by atoms with Crippen molar-refractivity contribution in [3.8, 4) is 5.75 Å². The maximum Gasteiger partial charge on any atom is 0.410 e. The van der Waals surface area contributed by atoms with E-state index in [-0.39, 0.29) is 5.95 Å². The van der Waals surface area contributed by atoms with E-state index in [4.69, 9.17) is 21.1 Å². The van der Waals surface area contributed by atoms with Crippen molar-refractivity contribution in [3.05, 3.63) is 78.5 Å². The van der Waals surface area contributed by atoms with E-state index in [0.717, 1.165) is 16.8 Å². The van der Waals surface area contributed by atoms with E-state index in [1.54, 1.807) is 31.3 Å². The third-order valence-electron chi connectivity index (χ3n) is 6.43. The smallest absolute Gasteiger partial charge is 0.410 e. The van der Waals surface area contributed by atoms with Crippen LogP contribution in [0.4, 0.5) is 39.3 Å². The Morgan fingerprint density at radius 1 is 1.00 bits per heavy atom. The SMILES string of the molecule is C=CC(=O)Nc1cc(Nc2ncc(Cl)c(Nc3ccc(C=C)c(C=C)c3)n2)c(OC)cc1N(C)CCN(C)C(=O)OC(C)(C)C. The van der Waals surface area contributed by atoms with Crippen LogP contribution in [0, 0.1) is 0 Å². The second-order valence-corrected chi connectivity index (χ2v) is 11.4. The molecule has 0 bridgehead atoms. The topological polar surface area (TPSA) is 121 Å². The molecule has 0 atom stereocenters. The van der Waals surface area contributed by atoms with E-state index < -0.39 is 17.6 Å². The molecule has 45 heavy (non-hydrogen) atoms. The Bertz CT molecular complexity index is 1590. The quantitative estimate of drug-likeness (QED) is 0.166. The van der Waals surface area contributed by atoms with Crippen molar-refractivity contribution in [2.24, 2.45) is 0 Å². The summed E-state index contributed by atoms with van der Waals surface area (Å²) in [5, 5.41) is 9.54. The van der Waals surface area contributed by atoms with Crippen molar-refractivity contribution in [1.29, 1.82) is 0 Å². The second-order valence-electron chi connectivity index (χ2n) is 11.0. The molecular formula is C33H40ClN7O4. The minimum Gasteiger partial charge on any atom is -0.494 e. The van der Waals surface area contributed by atoms with Crippen LogP contribution in [0.15, 0.2) is 62.3 Å². The number of ether oxygens (including phenoxy) is 2. The zero-order chi connectivity index (χ0) is 33.3. The van der Waals surface area contributed by atoms with Gasteiger partial charge in [-0.1, -0.05) is 49.6 Å². The molecule has 0 aliphatic rings. The number of rotatable bonds is 13. The van der Waals surface area contributed by atoms with E-state index in [0.29, 0.717) is 46.7 Å². The van der Waals surface area contributed by atoms with Crippen molar-refractivity contribution in [2.75, 3.05) is 55.1 Å². The molecule has 1 heterocycles. The summed E-state index contributed by atoms with van der Waals surface area (Å²) >= 11 is 6.43. The van der Waals surface area contributed by atoms with Crippen LogP contribution >= 0.6 is 11.6 Å². The molecule has 0 aliphatic carbocycles. The van der Waals surface area contributed by atoms with Gasteiger partial charge >= 0.3 is 6.09 Å². The highest BCUT2D eigenvalue weighted by Crippen LogP contribution is 2.38. The number of anilines is 6. The highest BCUT2D eigenvalue weighted by molar-refractivity contribution is 6.32. The number of aromatic nitrogens is 2. The average Bonchev–Trinajstić information content (AvgIpc) is 3.00. The van der Waals surface area contributed by atoms with Gasteiger partial charge in [-0.3, -0.25) is 4.79 Å². The summed E-state index contributed by atoms with van der Waals surface area (Å²) in [6, 6.07) is 9.18. The predicted octanol–water partition coefficient (Wildman–Crippen LogP) is 7.34. The van der Waals surface area contributed by atoms with Gasteiger partial charge in [-0.25, -0.2) is 9.78 Å². The van der Waals surface area contributed by atoms with Crippen LogP contribution < -0.4 is 25.6 Å². The molecule has 238 valence electrons. The Hall–Kier alpha value is -5.03. The van der Waals surface area contributed by atoms with Crippen LogP contribution in [0.3, 0.4) is 0 Å². The van der Waals surface area contributed by atoms with Crippen LogP contribution in [-0.2, 0) is 9.53 Å². The number of likely N-dealkylation sites (N-methyl/N-ethyl adjacent to an activating group) is 2. The molecule has 0 aliphatic heterocycles. The summed E-state index contributed by atoms with van der Waals surface area (Å²) in [4.78, 5) is 37.1. The van der Waals surface area contributed by atoms with Gasteiger partial charge in [0, 0.05) is 38.9 Å². The number of halogens is 1. The van der Waals surface area contributed by atoms with Gasteiger partial charge in [-0.2, -0.15) is 4.98 Å². The van der Waals surface area contributed by atoms with Gasteiger partial charge in [0.05, 0.1) is 30.4 Å². The Labute approximate surface area is 269 Å². The zero-order valence-electron chi connectivity index (χ0n) is 26.5. The monoisotopic (exact) mass is 633 g/mol. The highest BCUT2D eigenvalue weighted by atomic mass is 35.5. The number of carbonyl (C=O) groups excluding carboxylic acids is 2. The summed E-state index contributed by atoms with van der Waals surface area (Å²) < 4.78 is 11.1. The summed E-state index contributed by atoms with van der Waals surface area (Å²) in [5.74, 6) is 0.660. The summed E-state index contributed by atoms with van der Waals surface area (Å²) in [6.45, 7) is 17.5. The second kappa shape index (κ2) is 15.1. The maximum atomic E-state index is 12.4. The number of nitrogens with one attached hydrogen (secondary N) is 3. The van der Waals surface area contributed by atoms with Crippen molar-refractivity contribution in [3.63, 3.8) is 0 Å². The molecule has 12 heteroatoms. The third-order valence-corrected chi connectivity index (χ3v) is 6.70. The van der Waals surface area contributed by atoms with Crippen LogP contribution in [0.1, 0.15) is 31.9 Å². The summed E-state index contributed by atoms with van der Waals surface area (Å²) in [6.07, 6.45) is 5.72. The van der Waals surface area contributed by atoms with Gasteiger partial charge < -0.3 is 35.2 Å². The van der Waals surface area contributed by atoms with Crippen LogP contribution in [0.2, 0.25) is 5.02 Å². The van der Waals surface area contributed by atoms with Crippen LogP contribution in [0.5, 0.6) is 5.75 Å². The van der Waals surface area contributed by atoms with Crippen molar-refractivity contribution in [2.45, 2.75) is 26.4 Å². The van der Waals surface area contributed by atoms with Crippen LogP contribution in [-0.4, -0.2) is 66.8 Å². The molecule has 0 saturated heterocycles. The van der Waals surface area contributed by atoms with E-state index in [2.05, 4.69) is 45.7 Å². The van der Waals surface area contributed by atoms with Gasteiger partial charge in [0.25, 0.3) is 0 Å². The minimum atomic E-state index is -0.605. The Morgan fingerprint density at radius 2 is 1.71 bits per heavy atom. The van der Waals surface area contributed by atoms with Gasteiger partial charge in [-0.05, 0) is 56.2 Å². The summed E-state index contributed by atoms with van der Waals surface area (Å²) in [5.41, 5.74) is 3.59. The number of methoxy groups -OCH3 is 1. The molecule has 1 aromatic heterocycles. The van der Waals surface area contributed by atoms with Gasteiger partial charge in [0.2, 0.25) is 11.9 Å². The molecule has 11 nitrogen and oxygen atoms in total. The highest BCUT2D eigenvalue weighted by Gasteiger charge is 2.21. The number of hydrogen-bond donors (Lipinski definition) is 3. The number of benzene rings is 2. The van der Waals surface area contributed by atoms with E-state index >= 15 is 0 Å². The lowest BCUT2D eigenvalue weighted by Crippen LogP contribution is -2.38. The lowest BCUT2D eigenvalue weighted by molar-refractivity contribution is -0.111. The predicted molar refractivity (Wildman–Crippen MR) is 184 cm³/mol. The normalized spacial score (nSPS) is 10.7. The largest absolute Gasteiger partial charge is 0.494 e. The third kappa shape index (κ3) is 9.48. The lowest BCUT2D eigenvalue weighted by Gasteiger charge is -2.28. The van der Waals surface area contributed by atoms with Gasteiger partial charge in [0.15, 0.2) is 5.82 Å². The Balaban J connectivity index is 1.90. The number of nitrogens with zero attached hydrogens (tertiary/aromatic N) is 4. The minimum absolute atomic E-state index is 0.230. The fraction of sp³-hybridized carbons (Fsp3) is 0.273. The molecule has 3 aromatic rings. The Kier molecular flexibility index (Phi) is 11.6. The van der Waals surface area contributed by atoms with Crippen molar-refractivity contribution < 1.29 is 19.1 Å². The molecule has 0 saturated carbocycles. The molecule has 0 fully saturated rings. The molecule has 3 rings (SSSR count). The average molecular weight is 634 g/mol. The molecule has 3 N–H and O–H groups in total. The van der Waals surface area contributed by atoms with Gasteiger partial charge in [-0.15, -0.1) is 0 Å². The molecular weight excluding hydrogens is 594 g/mol. The van der Waals surface area contributed by atoms with Gasteiger partial charge in [0.1, 0.15) is 16.4 Å². The fourth-order valence-corrected chi connectivity index (χ4v) is 4.21. The standard InChI is InChI=1S/C33H40ClN7O4/c1-10-21-13-14-23(17-22(21)11-2)36-30-24(34)20-35-31(39-30)38-26-18-25(37-29(42)12-3)27(19-28(26)44-9)40(7)15-16-41(8)32(43)45-33(4,5)6/h10-14,17-20H,1-3,15-16H2,4-9H3,(H,37,42)(H2,35,36,38,39). The molecule has 2 amide bonds. The first-order chi connectivity index (χ1) is 21.3. The summed E-state index contributed by atoms with van der Waals surface area (Å²) in [7, 11) is 5.04. The van der Waals surface area contributed by atoms with Crippen molar-refractivity contribution in [1.82, 2.24) is 14.9 Å². The van der Waals surface area contributed by atoms with Crippen molar-refractivity contribution >= 4 is 70.3 Å². The van der Waals surface area contributed by atoms with E-state index in [1.807, 2.05) is 50.9 Å². The zero-order valence-corrected chi connectivity index (χ0v) is 27.3. The van der Waals surface area contributed by atoms with E-state index in [9.17, 15) is 9.59 Å². The fourth-order valence-electron chi connectivity index (χ4n) is 4.07. The first kappa shape index (κ1) is 34.5. The van der Waals surface area contributed by atoms with E-state index in [1.165, 1.54) is 24.3 Å². The first-order valence-electron chi connectivity index (χ1n) is 14.0. The Morgan fingerprint density at radius 3 is 2.33 bits per heavy atom.